The number of aromatic nitrogens is 2. The van der Waals surface area contributed by atoms with Crippen molar-refractivity contribution in [3.63, 3.8) is 0 Å². The molecule has 2 rings (SSSR count). The second kappa shape index (κ2) is 3.17. The van der Waals surface area contributed by atoms with Crippen LogP contribution in [0.2, 0.25) is 0 Å². The molecule has 3 heteroatoms. The van der Waals surface area contributed by atoms with Crippen molar-refractivity contribution >= 4 is 5.69 Å². The van der Waals surface area contributed by atoms with Crippen LogP contribution in [0, 0.1) is 5.92 Å². The first-order valence-electron chi connectivity index (χ1n) is 4.60. The third kappa shape index (κ3) is 1.60. The van der Waals surface area contributed by atoms with E-state index >= 15 is 0 Å². The number of rotatable bonds is 2. The van der Waals surface area contributed by atoms with E-state index < -0.39 is 0 Å². The molecule has 1 aromatic heterocycles. The summed E-state index contributed by atoms with van der Waals surface area (Å²) < 4.78 is 0. The standard InChI is InChI=1S/C9H15N3/c1-7-2-3-8(4-7)12-9-5-10-11-6-9/h5-8,12H,2-4H2,1H3,(H,10,11). The van der Waals surface area contributed by atoms with Gasteiger partial charge in [-0.2, -0.15) is 5.10 Å². The Morgan fingerprint density at radius 2 is 2.50 bits per heavy atom. The van der Waals surface area contributed by atoms with Gasteiger partial charge in [-0.1, -0.05) is 6.92 Å². The van der Waals surface area contributed by atoms with Crippen molar-refractivity contribution in [3.8, 4) is 0 Å². The zero-order chi connectivity index (χ0) is 8.39. The summed E-state index contributed by atoms with van der Waals surface area (Å²) in [5.41, 5.74) is 1.12. The fourth-order valence-corrected chi connectivity index (χ4v) is 1.90. The number of aromatic amines is 1. The predicted octanol–water partition coefficient (Wildman–Crippen LogP) is 2.01. The number of nitrogens with zero attached hydrogens (tertiary/aromatic N) is 1. The molecule has 2 atom stereocenters. The summed E-state index contributed by atoms with van der Waals surface area (Å²) in [7, 11) is 0. The highest BCUT2D eigenvalue weighted by molar-refractivity contribution is 5.38. The summed E-state index contributed by atoms with van der Waals surface area (Å²) in [5, 5.41) is 10.2. The second-order valence-corrected chi connectivity index (χ2v) is 3.75. The molecule has 2 N–H and O–H groups in total. The van der Waals surface area contributed by atoms with Crippen LogP contribution in [-0.2, 0) is 0 Å². The molecule has 2 unspecified atom stereocenters. The lowest BCUT2D eigenvalue weighted by atomic mass is 10.1. The molecule has 0 bridgehead atoms. The van der Waals surface area contributed by atoms with E-state index in [1.165, 1.54) is 19.3 Å². The average Bonchev–Trinajstić information content (AvgIpc) is 2.63. The minimum Gasteiger partial charge on any atom is -0.380 e. The minimum absolute atomic E-state index is 0.664. The van der Waals surface area contributed by atoms with E-state index in [1.54, 1.807) is 0 Å². The Bertz CT molecular complexity index is 230. The van der Waals surface area contributed by atoms with Gasteiger partial charge < -0.3 is 5.32 Å². The second-order valence-electron chi connectivity index (χ2n) is 3.75. The Labute approximate surface area is 72.6 Å². The van der Waals surface area contributed by atoms with Gasteiger partial charge >= 0.3 is 0 Å². The van der Waals surface area contributed by atoms with E-state index in [0.29, 0.717) is 6.04 Å². The minimum atomic E-state index is 0.664. The fourth-order valence-electron chi connectivity index (χ4n) is 1.90. The highest BCUT2D eigenvalue weighted by Gasteiger charge is 2.20. The van der Waals surface area contributed by atoms with Gasteiger partial charge in [-0.05, 0) is 25.2 Å². The molecule has 1 aromatic rings. The first kappa shape index (κ1) is 7.65. The maximum atomic E-state index is 3.90. The molecule has 0 radical (unpaired) electrons. The van der Waals surface area contributed by atoms with Crippen LogP contribution >= 0.6 is 0 Å². The summed E-state index contributed by atoms with van der Waals surface area (Å²) in [4.78, 5) is 0. The van der Waals surface area contributed by atoms with Crippen LogP contribution in [0.4, 0.5) is 5.69 Å². The molecule has 1 fully saturated rings. The van der Waals surface area contributed by atoms with E-state index in [9.17, 15) is 0 Å². The molecule has 1 aliphatic rings. The SMILES string of the molecule is CC1CCC(Nc2cn[nH]c2)C1. The van der Waals surface area contributed by atoms with Gasteiger partial charge in [0.15, 0.2) is 0 Å². The van der Waals surface area contributed by atoms with E-state index in [0.717, 1.165) is 11.6 Å². The first-order valence-corrected chi connectivity index (χ1v) is 4.60. The predicted molar refractivity (Wildman–Crippen MR) is 49.0 cm³/mol. The van der Waals surface area contributed by atoms with Crippen LogP contribution in [0.5, 0.6) is 0 Å². The van der Waals surface area contributed by atoms with Crippen molar-refractivity contribution < 1.29 is 0 Å². The van der Waals surface area contributed by atoms with Crippen molar-refractivity contribution in [3.05, 3.63) is 12.4 Å². The molecule has 1 saturated carbocycles. The number of hydrogen-bond donors (Lipinski definition) is 2. The number of H-pyrrole nitrogens is 1. The molecule has 1 heterocycles. The zero-order valence-electron chi connectivity index (χ0n) is 7.38. The van der Waals surface area contributed by atoms with Crippen molar-refractivity contribution in [1.82, 2.24) is 10.2 Å². The Hall–Kier alpha value is -0.990. The maximum Gasteiger partial charge on any atom is 0.0725 e. The Balaban J connectivity index is 1.88. The lowest BCUT2D eigenvalue weighted by Gasteiger charge is -2.10. The molecule has 12 heavy (non-hydrogen) atoms. The fraction of sp³-hybridized carbons (Fsp3) is 0.667. The number of anilines is 1. The third-order valence-corrected chi connectivity index (χ3v) is 2.56. The van der Waals surface area contributed by atoms with Crippen LogP contribution in [0.25, 0.3) is 0 Å². The van der Waals surface area contributed by atoms with Gasteiger partial charge in [0.2, 0.25) is 0 Å². The van der Waals surface area contributed by atoms with E-state index in [-0.39, 0.29) is 0 Å². The topological polar surface area (TPSA) is 40.7 Å². The molecule has 0 aliphatic heterocycles. The summed E-state index contributed by atoms with van der Waals surface area (Å²) >= 11 is 0. The van der Waals surface area contributed by atoms with E-state index in [2.05, 4.69) is 22.4 Å². The molecule has 66 valence electrons. The molecule has 3 nitrogen and oxygen atoms in total. The van der Waals surface area contributed by atoms with Gasteiger partial charge in [0.05, 0.1) is 11.9 Å². The molecule has 0 amide bonds. The number of nitrogens with one attached hydrogen (secondary N) is 2. The molecular weight excluding hydrogens is 150 g/mol. The highest BCUT2D eigenvalue weighted by atomic mass is 15.1. The van der Waals surface area contributed by atoms with Gasteiger partial charge in [-0.3, -0.25) is 5.10 Å². The quantitative estimate of drug-likeness (QED) is 0.703. The first-order chi connectivity index (χ1) is 5.84. The zero-order valence-corrected chi connectivity index (χ0v) is 7.38. The van der Waals surface area contributed by atoms with Crippen molar-refractivity contribution in [2.75, 3.05) is 5.32 Å². The van der Waals surface area contributed by atoms with Gasteiger partial charge in [0, 0.05) is 12.2 Å². The smallest absolute Gasteiger partial charge is 0.0725 e. The summed E-state index contributed by atoms with van der Waals surface area (Å²) in [6, 6.07) is 0.664. The summed E-state index contributed by atoms with van der Waals surface area (Å²) in [6.45, 7) is 2.32. The maximum absolute atomic E-state index is 3.90. The lowest BCUT2D eigenvalue weighted by Crippen LogP contribution is -2.14. The van der Waals surface area contributed by atoms with Crippen LogP contribution in [-0.4, -0.2) is 16.2 Å². The van der Waals surface area contributed by atoms with E-state index in [1.807, 2.05) is 12.4 Å². The van der Waals surface area contributed by atoms with Gasteiger partial charge in [-0.25, -0.2) is 0 Å². The largest absolute Gasteiger partial charge is 0.380 e. The summed E-state index contributed by atoms with van der Waals surface area (Å²) in [5.74, 6) is 0.884. The normalized spacial score (nSPS) is 29.1. The van der Waals surface area contributed by atoms with Gasteiger partial charge in [0.25, 0.3) is 0 Å². The Morgan fingerprint density at radius 1 is 1.58 bits per heavy atom. The summed E-state index contributed by atoms with van der Waals surface area (Å²) in [6.07, 6.45) is 7.69. The van der Waals surface area contributed by atoms with Crippen LogP contribution in [0.15, 0.2) is 12.4 Å². The van der Waals surface area contributed by atoms with Crippen molar-refractivity contribution in [2.24, 2.45) is 5.92 Å². The van der Waals surface area contributed by atoms with Gasteiger partial charge in [0.1, 0.15) is 0 Å². The van der Waals surface area contributed by atoms with Crippen LogP contribution in [0.1, 0.15) is 26.2 Å². The average molecular weight is 165 g/mol. The van der Waals surface area contributed by atoms with Crippen LogP contribution < -0.4 is 5.32 Å². The lowest BCUT2D eigenvalue weighted by molar-refractivity contribution is 0.602. The molecule has 0 spiro atoms. The number of hydrogen-bond acceptors (Lipinski definition) is 2. The molecule has 1 aliphatic carbocycles. The molecular formula is C9H15N3. The highest BCUT2D eigenvalue weighted by Crippen LogP contribution is 2.26. The Kier molecular flexibility index (Phi) is 2.02. The van der Waals surface area contributed by atoms with Crippen LogP contribution in [0.3, 0.4) is 0 Å². The monoisotopic (exact) mass is 165 g/mol. The Morgan fingerprint density at radius 3 is 3.08 bits per heavy atom. The van der Waals surface area contributed by atoms with E-state index in [4.69, 9.17) is 0 Å². The van der Waals surface area contributed by atoms with Crippen molar-refractivity contribution in [1.29, 1.82) is 0 Å². The third-order valence-electron chi connectivity index (χ3n) is 2.56. The molecule has 0 aromatic carbocycles. The van der Waals surface area contributed by atoms with Crippen molar-refractivity contribution in [2.45, 2.75) is 32.2 Å². The van der Waals surface area contributed by atoms with Gasteiger partial charge in [-0.15, -0.1) is 0 Å². The molecule has 0 saturated heterocycles.